The predicted molar refractivity (Wildman–Crippen MR) is 91.9 cm³/mol. The van der Waals surface area contributed by atoms with E-state index in [1.54, 1.807) is 13.8 Å². The fourth-order valence-electron chi connectivity index (χ4n) is 2.92. The molecule has 128 valence electrons. The smallest absolute Gasteiger partial charge is 0.163 e. The van der Waals surface area contributed by atoms with Crippen LogP contribution in [0.25, 0.3) is 0 Å². The van der Waals surface area contributed by atoms with E-state index >= 15 is 0 Å². The van der Waals surface area contributed by atoms with Crippen molar-refractivity contribution in [3.63, 3.8) is 0 Å². The first-order chi connectivity index (χ1) is 11.5. The van der Waals surface area contributed by atoms with Crippen LogP contribution in [-0.4, -0.2) is 23.6 Å². The highest BCUT2D eigenvalue weighted by Gasteiger charge is 2.39. The number of hydrogen-bond donors (Lipinski definition) is 1. The summed E-state index contributed by atoms with van der Waals surface area (Å²) in [6.07, 6.45) is 0.439. The van der Waals surface area contributed by atoms with Crippen LogP contribution in [0, 0.1) is 5.92 Å². The standard InChI is InChI=1S/C20H24O4/c1-20(2,21)18-11-12-22-19(18)23-14-15-7-6-10-17(13-15)24-16-8-4-3-5-9-16/h3-10,13,18-19,21H,11-12,14H2,1-2H3. The van der Waals surface area contributed by atoms with Crippen LogP contribution in [0.4, 0.5) is 0 Å². The molecule has 4 nitrogen and oxygen atoms in total. The van der Waals surface area contributed by atoms with Crippen LogP contribution in [0.2, 0.25) is 0 Å². The van der Waals surface area contributed by atoms with E-state index in [0.29, 0.717) is 13.2 Å². The van der Waals surface area contributed by atoms with Gasteiger partial charge < -0.3 is 19.3 Å². The summed E-state index contributed by atoms with van der Waals surface area (Å²) >= 11 is 0. The van der Waals surface area contributed by atoms with Crippen molar-refractivity contribution in [1.82, 2.24) is 0 Å². The van der Waals surface area contributed by atoms with Gasteiger partial charge in [-0.25, -0.2) is 0 Å². The lowest BCUT2D eigenvalue weighted by Gasteiger charge is -2.29. The second-order valence-corrected chi connectivity index (χ2v) is 6.66. The van der Waals surface area contributed by atoms with Crippen molar-refractivity contribution in [3.8, 4) is 11.5 Å². The molecule has 2 atom stereocenters. The molecule has 24 heavy (non-hydrogen) atoms. The highest BCUT2D eigenvalue weighted by molar-refractivity contribution is 5.33. The van der Waals surface area contributed by atoms with Gasteiger partial charge in [0.2, 0.25) is 0 Å². The molecule has 0 aromatic heterocycles. The van der Waals surface area contributed by atoms with Gasteiger partial charge in [-0.15, -0.1) is 0 Å². The lowest BCUT2D eigenvalue weighted by Crippen LogP contribution is -2.37. The number of hydrogen-bond acceptors (Lipinski definition) is 4. The van der Waals surface area contributed by atoms with E-state index in [0.717, 1.165) is 23.5 Å². The molecule has 0 aliphatic carbocycles. The molecule has 1 saturated heterocycles. The topological polar surface area (TPSA) is 47.9 Å². The summed E-state index contributed by atoms with van der Waals surface area (Å²) in [5.74, 6) is 1.56. The van der Waals surface area contributed by atoms with Crippen LogP contribution >= 0.6 is 0 Å². The molecule has 0 spiro atoms. The lowest BCUT2D eigenvalue weighted by atomic mass is 9.89. The van der Waals surface area contributed by atoms with Gasteiger partial charge in [0.1, 0.15) is 11.5 Å². The molecule has 1 heterocycles. The first-order valence-corrected chi connectivity index (χ1v) is 8.30. The molecular weight excluding hydrogens is 304 g/mol. The third-order valence-electron chi connectivity index (χ3n) is 4.24. The Morgan fingerprint density at radius 3 is 2.58 bits per heavy atom. The molecule has 1 N–H and O–H groups in total. The number of para-hydroxylation sites is 1. The summed E-state index contributed by atoms with van der Waals surface area (Å²) < 4.78 is 17.4. The highest BCUT2D eigenvalue weighted by atomic mass is 16.7. The van der Waals surface area contributed by atoms with E-state index in [-0.39, 0.29) is 12.2 Å². The zero-order valence-electron chi connectivity index (χ0n) is 14.1. The maximum atomic E-state index is 10.2. The molecule has 0 amide bonds. The fourth-order valence-corrected chi connectivity index (χ4v) is 2.92. The second-order valence-electron chi connectivity index (χ2n) is 6.66. The largest absolute Gasteiger partial charge is 0.457 e. The summed E-state index contributed by atoms with van der Waals surface area (Å²) in [6, 6.07) is 17.5. The first kappa shape index (κ1) is 17.0. The summed E-state index contributed by atoms with van der Waals surface area (Å²) in [7, 11) is 0. The quantitative estimate of drug-likeness (QED) is 0.866. The van der Waals surface area contributed by atoms with Crippen LogP contribution in [0.1, 0.15) is 25.8 Å². The van der Waals surface area contributed by atoms with Crippen molar-refractivity contribution in [1.29, 1.82) is 0 Å². The van der Waals surface area contributed by atoms with Crippen LogP contribution in [-0.2, 0) is 16.1 Å². The average Bonchev–Trinajstić information content (AvgIpc) is 3.03. The van der Waals surface area contributed by atoms with E-state index in [4.69, 9.17) is 14.2 Å². The van der Waals surface area contributed by atoms with Crippen molar-refractivity contribution in [2.24, 2.45) is 5.92 Å². The monoisotopic (exact) mass is 328 g/mol. The van der Waals surface area contributed by atoms with Crippen molar-refractivity contribution in [2.45, 2.75) is 38.8 Å². The molecule has 2 unspecified atom stereocenters. The van der Waals surface area contributed by atoms with Gasteiger partial charge in [0.15, 0.2) is 6.29 Å². The van der Waals surface area contributed by atoms with Crippen molar-refractivity contribution < 1.29 is 19.3 Å². The zero-order chi connectivity index (χ0) is 17.0. The van der Waals surface area contributed by atoms with Gasteiger partial charge in [0.05, 0.1) is 18.8 Å². The minimum absolute atomic E-state index is 0.0127. The van der Waals surface area contributed by atoms with E-state index < -0.39 is 5.60 Å². The number of benzene rings is 2. The molecule has 0 bridgehead atoms. The van der Waals surface area contributed by atoms with Gasteiger partial charge >= 0.3 is 0 Å². The van der Waals surface area contributed by atoms with Crippen LogP contribution in [0.15, 0.2) is 54.6 Å². The molecule has 1 fully saturated rings. The Labute approximate surface area is 143 Å². The molecule has 3 rings (SSSR count). The van der Waals surface area contributed by atoms with Gasteiger partial charge in [-0.1, -0.05) is 30.3 Å². The molecule has 0 radical (unpaired) electrons. The Bertz CT molecular complexity index is 648. The Morgan fingerprint density at radius 2 is 1.83 bits per heavy atom. The van der Waals surface area contributed by atoms with Gasteiger partial charge in [-0.05, 0) is 50.1 Å². The molecule has 2 aromatic rings. The third-order valence-corrected chi connectivity index (χ3v) is 4.24. The maximum absolute atomic E-state index is 10.2. The predicted octanol–water partition coefficient (Wildman–Crippen LogP) is 4.13. The van der Waals surface area contributed by atoms with Gasteiger partial charge in [0, 0.05) is 5.92 Å². The van der Waals surface area contributed by atoms with Gasteiger partial charge in [-0.3, -0.25) is 0 Å². The SMILES string of the molecule is CC(C)(O)C1CCOC1OCc1cccc(Oc2ccccc2)c1. The number of aliphatic hydroxyl groups is 1. The average molecular weight is 328 g/mol. The molecular formula is C20H24O4. The summed E-state index contributed by atoms with van der Waals surface area (Å²) in [6.45, 7) is 4.65. The van der Waals surface area contributed by atoms with E-state index in [1.165, 1.54) is 0 Å². The molecule has 0 saturated carbocycles. The summed E-state index contributed by atoms with van der Waals surface area (Å²) in [5.41, 5.74) is 0.202. The van der Waals surface area contributed by atoms with E-state index in [2.05, 4.69) is 0 Å². The second kappa shape index (κ2) is 7.34. The van der Waals surface area contributed by atoms with E-state index in [9.17, 15) is 5.11 Å². The van der Waals surface area contributed by atoms with Crippen molar-refractivity contribution in [2.75, 3.05) is 6.61 Å². The van der Waals surface area contributed by atoms with Gasteiger partial charge in [0.25, 0.3) is 0 Å². The normalized spacial score (nSPS) is 21.0. The Balaban J connectivity index is 1.61. The minimum atomic E-state index is -0.806. The van der Waals surface area contributed by atoms with Crippen molar-refractivity contribution >= 4 is 0 Å². The highest BCUT2D eigenvalue weighted by Crippen LogP contribution is 2.32. The molecule has 4 heteroatoms. The van der Waals surface area contributed by atoms with Crippen LogP contribution in [0.5, 0.6) is 11.5 Å². The zero-order valence-corrected chi connectivity index (χ0v) is 14.1. The van der Waals surface area contributed by atoms with Gasteiger partial charge in [-0.2, -0.15) is 0 Å². The molecule has 1 aliphatic heterocycles. The summed E-state index contributed by atoms with van der Waals surface area (Å²) in [5, 5.41) is 10.2. The maximum Gasteiger partial charge on any atom is 0.163 e. The van der Waals surface area contributed by atoms with Crippen LogP contribution < -0.4 is 4.74 Å². The lowest BCUT2D eigenvalue weighted by molar-refractivity contribution is -0.169. The Kier molecular flexibility index (Phi) is 5.19. The van der Waals surface area contributed by atoms with Crippen LogP contribution in [0.3, 0.4) is 0 Å². The van der Waals surface area contributed by atoms with E-state index in [1.807, 2.05) is 54.6 Å². The van der Waals surface area contributed by atoms with Crippen molar-refractivity contribution in [3.05, 3.63) is 60.2 Å². The fraction of sp³-hybridized carbons (Fsp3) is 0.400. The third kappa shape index (κ3) is 4.35. The number of ether oxygens (including phenoxy) is 3. The molecule has 2 aromatic carbocycles. The molecule has 1 aliphatic rings. The first-order valence-electron chi connectivity index (χ1n) is 8.30. The minimum Gasteiger partial charge on any atom is -0.457 e. The number of rotatable bonds is 6. The Morgan fingerprint density at radius 1 is 1.08 bits per heavy atom. The summed E-state index contributed by atoms with van der Waals surface area (Å²) in [4.78, 5) is 0. The Hall–Kier alpha value is -1.88.